The molecule has 0 fully saturated rings. The Hall–Kier alpha value is 0.300. The molecule has 0 amide bonds. The van der Waals surface area contributed by atoms with Gasteiger partial charge >= 0.3 is 0 Å². The fourth-order valence-electron chi connectivity index (χ4n) is 0.839. The minimum atomic E-state index is -2.79. The lowest BCUT2D eigenvalue weighted by molar-refractivity contribution is -0.558. The molecule has 0 saturated carbocycles. The summed E-state index contributed by atoms with van der Waals surface area (Å²) in [7, 11) is 0. The van der Waals surface area contributed by atoms with Crippen LogP contribution in [0.3, 0.4) is 0 Å². The molecule has 0 saturated heterocycles. The number of benzene rings is 1. The molecule has 0 aliphatic rings. The highest BCUT2D eigenvalue weighted by molar-refractivity contribution is 6.68. The first-order valence-corrected chi connectivity index (χ1v) is 5.02. The van der Waals surface area contributed by atoms with Crippen LogP contribution in [0.5, 0.6) is 0 Å². The number of aliphatic hydroxyl groups is 1. The Balaban J connectivity index is 3.10. The SMILES string of the molecule is [O-]C(O)(c1ccc(Cl)cc1)C(Cl)(Cl)Cl. The molecule has 6 heteroatoms. The van der Waals surface area contributed by atoms with E-state index in [0.717, 1.165) is 0 Å². The van der Waals surface area contributed by atoms with Gasteiger partial charge in [-0.05, 0) is 17.7 Å². The minimum Gasteiger partial charge on any atom is -0.822 e. The third kappa shape index (κ3) is 2.45. The first-order valence-electron chi connectivity index (χ1n) is 3.51. The van der Waals surface area contributed by atoms with Crippen molar-refractivity contribution in [2.75, 3.05) is 0 Å². The molecule has 0 spiro atoms. The van der Waals surface area contributed by atoms with Gasteiger partial charge in [0.2, 0.25) is 3.79 Å². The van der Waals surface area contributed by atoms with Gasteiger partial charge in [0.05, 0.1) is 5.79 Å². The summed E-state index contributed by atoms with van der Waals surface area (Å²) >= 11 is 21.6. The van der Waals surface area contributed by atoms with Crippen molar-refractivity contribution in [3.8, 4) is 0 Å². The van der Waals surface area contributed by atoms with Crippen molar-refractivity contribution in [1.29, 1.82) is 0 Å². The minimum absolute atomic E-state index is 0.0538. The van der Waals surface area contributed by atoms with Gasteiger partial charge in [0.25, 0.3) is 0 Å². The summed E-state index contributed by atoms with van der Waals surface area (Å²) in [6.45, 7) is 0. The molecule has 0 radical (unpaired) electrons. The molecule has 78 valence electrons. The maximum atomic E-state index is 11.6. The van der Waals surface area contributed by atoms with E-state index < -0.39 is 9.58 Å². The molecule has 0 heterocycles. The lowest BCUT2D eigenvalue weighted by Crippen LogP contribution is -2.51. The Labute approximate surface area is 101 Å². The largest absolute Gasteiger partial charge is 0.822 e. The number of hydrogen-bond acceptors (Lipinski definition) is 2. The van der Waals surface area contributed by atoms with Crippen LogP contribution in [0.2, 0.25) is 5.02 Å². The molecule has 1 aromatic carbocycles. The number of halogens is 4. The summed E-state index contributed by atoms with van der Waals surface area (Å²) in [6, 6.07) is 5.46. The van der Waals surface area contributed by atoms with Crippen LogP contribution >= 0.6 is 46.4 Å². The maximum absolute atomic E-state index is 11.6. The average Bonchev–Trinajstić information content (AvgIpc) is 2.03. The molecule has 0 aliphatic heterocycles. The van der Waals surface area contributed by atoms with Crippen LogP contribution in [0.4, 0.5) is 0 Å². The van der Waals surface area contributed by atoms with E-state index in [0.29, 0.717) is 5.02 Å². The van der Waals surface area contributed by atoms with E-state index in [9.17, 15) is 10.2 Å². The highest BCUT2D eigenvalue weighted by atomic mass is 35.6. The maximum Gasteiger partial charge on any atom is 0.208 e. The van der Waals surface area contributed by atoms with Crippen molar-refractivity contribution < 1.29 is 10.2 Å². The molecule has 1 N–H and O–H groups in total. The monoisotopic (exact) mass is 273 g/mol. The zero-order chi connectivity index (χ0) is 11.0. The molecule has 1 unspecified atom stereocenters. The Morgan fingerprint density at radius 1 is 1.07 bits per heavy atom. The quantitative estimate of drug-likeness (QED) is 0.630. The van der Waals surface area contributed by atoms with Crippen molar-refractivity contribution in [2.45, 2.75) is 9.58 Å². The van der Waals surface area contributed by atoms with Crippen LogP contribution in [0.15, 0.2) is 24.3 Å². The Morgan fingerprint density at radius 3 is 1.86 bits per heavy atom. The topological polar surface area (TPSA) is 43.3 Å². The summed E-state index contributed by atoms with van der Waals surface area (Å²) < 4.78 is -2.33. The van der Waals surface area contributed by atoms with Crippen LogP contribution in [-0.4, -0.2) is 8.90 Å². The molecular formula is C8H5Cl4O2-. The average molecular weight is 275 g/mol. The molecule has 0 aromatic heterocycles. The second kappa shape index (κ2) is 4.05. The second-order valence-corrected chi connectivity index (χ2v) is 5.37. The molecule has 2 nitrogen and oxygen atoms in total. The van der Waals surface area contributed by atoms with E-state index in [1.807, 2.05) is 0 Å². The summed E-state index contributed by atoms with van der Waals surface area (Å²) in [6.07, 6.45) is 0. The lowest BCUT2D eigenvalue weighted by atomic mass is 10.1. The summed E-state index contributed by atoms with van der Waals surface area (Å²) in [5.41, 5.74) is -0.0538. The Kier molecular flexibility index (Phi) is 3.58. The predicted molar refractivity (Wildman–Crippen MR) is 55.6 cm³/mol. The molecule has 1 aromatic rings. The van der Waals surface area contributed by atoms with Crippen LogP contribution in [-0.2, 0) is 5.79 Å². The van der Waals surface area contributed by atoms with Gasteiger partial charge in [-0.1, -0.05) is 58.5 Å². The molecule has 0 aliphatic carbocycles. The highest BCUT2D eigenvalue weighted by Crippen LogP contribution is 2.40. The van der Waals surface area contributed by atoms with Gasteiger partial charge in [-0.3, -0.25) is 0 Å². The number of alkyl halides is 3. The van der Waals surface area contributed by atoms with E-state index in [1.165, 1.54) is 24.3 Å². The molecule has 14 heavy (non-hydrogen) atoms. The second-order valence-electron chi connectivity index (χ2n) is 2.65. The molecule has 1 atom stereocenters. The smallest absolute Gasteiger partial charge is 0.208 e. The highest BCUT2D eigenvalue weighted by Gasteiger charge is 2.38. The van der Waals surface area contributed by atoms with Gasteiger partial charge in [0.15, 0.2) is 0 Å². The molecular weight excluding hydrogens is 270 g/mol. The zero-order valence-electron chi connectivity index (χ0n) is 6.68. The summed E-state index contributed by atoms with van der Waals surface area (Å²) in [5.74, 6) is -2.79. The van der Waals surface area contributed by atoms with Crippen LogP contribution in [0, 0.1) is 0 Å². The van der Waals surface area contributed by atoms with Crippen molar-refractivity contribution in [2.24, 2.45) is 0 Å². The van der Waals surface area contributed by atoms with E-state index in [4.69, 9.17) is 46.4 Å². The van der Waals surface area contributed by atoms with E-state index in [2.05, 4.69) is 0 Å². The fraction of sp³-hybridized carbons (Fsp3) is 0.250. The van der Waals surface area contributed by atoms with Gasteiger partial charge in [-0.15, -0.1) is 0 Å². The lowest BCUT2D eigenvalue weighted by Gasteiger charge is -2.41. The van der Waals surface area contributed by atoms with E-state index in [1.54, 1.807) is 0 Å². The van der Waals surface area contributed by atoms with Crippen LogP contribution < -0.4 is 5.11 Å². The molecule has 0 bridgehead atoms. The zero-order valence-corrected chi connectivity index (χ0v) is 9.70. The number of rotatable bonds is 1. The third-order valence-electron chi connectivity index (χ3n) is 1.62. The van der Waals surface area contributed by atoms with Crippen molar-refractivity contribution in [3.05, 3.63) is 34.9 Å². The Bertz CT molecular complexity index is 315. The number of hydrogen-bond donors (Lipinski definition) is 1. The third-order valence-corrected chi connectivity index (χ3v) is 2.64. The van der Waals surface area contributed by atoms with Crippen molar-refractivity contribution in [3.63, 3.8) is 0 Å². The van der Waals surface area contributed by atoms with E-state index in [-0.39, 0.29) is 5.56 Å². The normalized spacial score (nSPS) is 16.4. The summed E-state index contributed by atoms with van der Waals surface area (Å²) in [5, 5.41) is 21.4. The van der Waals surface area contributed by atoms with Gasteiger partial charge in [-0.25, -0.2) is 0 Å². The van der Waals surface area contributed by atoms with Gasteiger partial charge in [0, 0.05) is 5.02 Å². The molecule has 1 rings (SSSR count). The summed E-state index contributed by atoms with van der Waals surface area (Å²) in [4.78, 5) is 0. The van der Waals surface area contributed by atoms with Gasteiger partial charge in [-0.2, -0.15) is 0 Å². The first-order chi connectivity index (χ1) is 6.25. The first kappa shape index (κ1) is 12.4. The van der Waals surface area contributed by atoms with E-state index >= 15 is 0 Å². The standard InChI is InChI=1S/C8H5Cl4O2/c9-6-3-1-5(2-4-6)7(13,14)8(10,11)12/h1-4,13H/q-1. The van der Waals surface area contributed by atoms with Crippen molar-refractivity contribution >= 4 is 46.4 Å². The van der Waals surface area contributed by atoms with Gasteiger partial charge < -0.3 is 10.2 Å². The van der Waals surface area contributed by atoms with Crippen molar-refractivity contribution in [1.82, 2.24) is 0 Å². The predicted octanol–water partition coefficient (Wildman–Crippen LogP) is 2.22. The Morgan fingerprint density at radius 2 is 1.50 bits per heavy atom. The fourth-order valence-corrected chi connectivity index (χ4v) is 1.29. The van der Waals surface area contributed by atoms with Crippen LogP contribution in [0.1, 0.15) is 5.56 Å². The van der Waals surface area contributed by atoms with Gasteiger partial charge in [0.1, 0.15) is 0 Å². The van der Waals surface area contributed by atoms with Crippen LogP contribution in [0.25, 0.3) is 0 Å².